The standard InChI is InChI=1S/C16H24FNO2/c1-16(2,3)18-11-12-8-13(17)10-15(9-12)20-14-4-6-19-7-5-14/h8-10,14,18H,4-7,11H2,1-3H3. The number of benzene rings is 1. The van der Waals surface area contributed by atoms with E-state index in [1.54, 1.807) is 6.07 Å². The first-order valence-corrected chi connectivity index (χ1v) is 7.21. The van der Waals surface area contributed by atoms with Crippen molar-refractivity contribution in [3.05, 3.63) is 29.6 Å². The van der Waals surface area contributed by atoms with E-state index in [1.807, 2.05) is 6.07 Å². The zero-order valence-corrected chi connectivity index (χ0v) is 12.5. The lowest BCUT2D eigenvalue weighted by molar-refractivity contribution is 0.0254. The Kier molecular flexibility index (Phi) is 5.00. The number of hydrogen-bond acceptors (Lipinski definition) is 3. The molecule has 0 spiro atoms. The molecule has 4 heteroatoms. The highest BCUT2D eigenvalue weighted by Gasteiger charge is 2.16. The van der Waals surface area contributed by atoms with E-state index in [4.69, 9.17) is 9.47 Å². The molecular weight excluding hydrogens is 257 g/mol. The van der Waals surface area contributed by atoms with Crippen LogP contribution in [0.2, 0.25) is 0 Å². The van der Waals surface area contributed by atoms with Crippen LogP contribution in [0.1, 0.15) is 39.2 Å². The van der Waals surface area contributed by atoms with Crippen LogP contribution in [0, 0.1) is 5.82 Å². The Morgan fingerprint density at radius 1 is 1.25 bits per heavy atom. The van der Waals surface area contributed by atoms with Gasteiger partial charge in [0.25, 0.3) is 0 Å². The maximum atomic E-state index is 13.7. The molecule has 3 nitrogen and oxygen atoms in total. The summed E-state index contributed by atoms with van der Waals surface area (Å²) in [6, 6.07) is 4.92. The van der Waals surface area contributed by atoms with E-state index in [1.165, 1.54) is 6.07 Å². The minimum Gasteiger partial charge on any atom is -0.490 e. The average molecular weight is 281 g/mol. The summed E-state index contributed by atoms with van der Waals surface area (Å²) in [6.45, 7) is 8.34. The SMILES string of the molecule is CC(C)(C)NCc1cc(F)cc(OC2CCOCC2)c1. The van der Waals surface area contributed by atoms with Crippen molar-refractivity contribution in [3.63, 3.8) is 0 Å². The molecule has 1 aliphatic heterocycles. The van der Waals surface area contributed by atoms with Crippen molar-refractivity contribution in [2.75, 3.05) is 13.2 Å². The van der Waals surface area contributed by atoms with Crippen molar-refractivity contribution in [2.45, 2.75) is 51.8 Å². The molecule has 1 N–H and O–H groups in total. The van der Waals surface area contributed by atoms with E-state index >= 15 is 0 Å². The molecule has 1 aromatic rings. The largest absolute Gasteiger partial charge is 0.490 e. The van der Waals surface area contributed by atoms with Gasteiger partial charge in [-0.2, -0.15) is 0 Å². The molecule has 1 heterocycles. The van der Waals surface area contributed by atoms with Crippen LogP contribution in [-0.2, 0) is 11.3 Å². The van der Waals surface area contributed by atoms with Crippen LogP contribution < -0.4 is 10.1 Å². The summed E-state index contributed by atoms with van der Waals surface area (Å²) in [4.78, 5) is 0. The van der Waals surface area contributed by atoms with Crippen molar-refractivity contribution in [1.29, 1.82) is 0 Å². The molecule has 0 aliphatic carbocycles. The molecule has 20 heavy (non-hydrogen) atoms. The lowest BCUT2D eigenvalue weighted by Crippen LogP contribution is -2.35. The monoisotopic (exact) mass is 281 g/mol. The van der Waals surface area contributed by atoms with Gasteiger partial charge in [-0.3, -0.25) is 0 Å². The van der Waals surface area contributed by atoms with Gasteiger partial charge >= 0.3 is 0 Å². The fourth-order valence-electron chi connectivity index (χ4n) is 2.14. The van der Waals surface area contributed by atoms with Gasteiger partial charge in [0.05, 0.1) is 13.2 Å². The van der Waals surface area contributed by atoms with E-state index in [0.717, 1.165) is 31.6 Å². The third kappa shape index (κ3) is 5.10. The first-order valence-electron chi connectivity index (χ1n) is 7.21. The van der Waals surface area contributed by atoms with Gasteiger partial charge in [-0.25, -0.2) is 4.39 Å². The Hall–Kier alpha value is -1.13. The summed E-state index contributed by atoms with van der Waals surface area (Å²) in [7, 11) is 0. The van der Waals surface area contributed by atoms with Gasteiger partial charge in [0.2, 0.25) is 0 Å². The number of halogens is 1. The van der Waals surface area contributed by atoms with E-state index in [-0.39, 0.29) is 17.5 Å². The molecule has 0 amide bonds. The van der Waals surface area contributed by atoms with Gasteiger partial charge < -0.3 is 14.8 Å². The zero-order chi connectivity index (χ0) is 14.6. The molecule has 1 fully saturated rings. The summed E-state index contributed by atoms with van der Waals surface area (Å²) in [6.07, 6.45) is 1.87. The molecule has 1 saturated heterocycles. The highest BCUT2D eigenvalue weighted by Crippen LogP contribution is 2.21. The van der Waals surface area contributed by atoms with Crippen molar-refractivity contribution < 1.29 is 13.9 Å². The normalized spacial score (nSPS) is 17.2. The van der Waals surface area contributed by atoms with Gasteiger partial charge in [0.15, 0.2) is 0 Å². The maximum absolute atomic E-state index is 13.7. The number of hydrogen-bond donors (Lipinski definition) is 1. The highest BCUT2D eigenvalue weighted by atomic mass is 19.1. The molecule has 1 aliphatic rings. The summed E-state index contributed by atoms with van der Waals surface area (Å²) in [5, 5.41) is 3.35. The van der Waals surface area contributed by atoms with E-state index < -0.39 is 0 Å². The van der Waals surface area contributed by atoms with Crippen molar-refractivity contribution in [1.82, 2.24) is 5.32 Å². The predicted octanol–water partition coefficient (Wildman–Crippen LogP) is 3.27. The summed E-state index contributed by atoms with van der Waals surface area (Å²) >= 11 is 0. The maximum Gasteiger partial charge on any atom is 0.127 e. The number of ether oxygens (including phenoxy) is 2. The molecule has 1 aromatic carbocycles. The van der Waals surface area contributed by atoms with Crippen LogP contribution in [0.5, 0.6) is 5.75 Å². The molecule has 112 valence electrons. The van der Waals surface area contributed by atoms with Gasteiger partial charge in [-0.15, -0.1) is 0 Å². The summed E-state index contributed by atoms with van der Waals surface area (Å²) in [5.41, 5.74) is 0.913. The highest BCUT2D eigenvalue weighted by molar-refractivity contribution is 5.30. The molecule has 0 unspecified atom stereocenters. The van der Waals surface area contributed by atoms with Crippen LogP contribution in [0.25, 0.3) is 0 Å². The molecule has 0 bridgehead atoms. The van der Waals surface area contributed by atoms with E-state index in [9.17, 15) is 4.39 Å². The quantitative estimate of drug-likeness (QED) is 0.919. The van der Waals surface area contributed by atoms with E-state index in [2.05, 4.69) is 26.1 Å². The predicted molar refractivity (Wildman–Crippen MR) is 77.5 cm³/mol. The van der Waals surface area contributed by atoms with E-state index in [0.29, 0.717) is 12.3 Å². The fourth-order valence-corrected chi connectivity index (χ4v) is 2.14. The van der Waals surface area contributed by atoms with Gasteiger partial charge in [0.1, 0.15) is 17.7 Å². The Labute approximate surface area is 120 Å². The minimum absolute atomic E-state index is 0.00798. The smallest absolute Gasteiger partial charge is 0.127 e. The third-order valence-corrected chi connectivity index (χ3v) is 3.23. The Balaban J connectivity index is 2.00. The first kappa shape index (κ1) is 15.3. The molecule has 0 atom stereocenters. The summed E-state index contributed by atoms with van der Waals surface area (Å²) < 4.78 is 24.8. The zero-order valence-electron chi connectivity index (χ0n) is 12.5. The van der Waals surface area contributed by atoms with Gasteiger partial charge in [-0.05, 0) is 38.5 Å². The molecule has 2 rings (SSSR count). The van der Waals surface area contributed by atoms with Crippen LogP contribution >= 0.6 is 0 Å². The van der Waals surface area contributed by atoms with Crippen LogP contribution in [0.3, 0.4) is 0 Å². The summed E-state index contributed by atoms with van der Waals surface area (Å²) in [5.74, 6) is 0.364. The minimum atomic E-state index is -0.250. The van der Waals surface area contributed by atoms with Crippen molar-refractivity contribution in [2.24, 2.45) is 0 Å². The van der Waals surface area contributed by atoms with Crippen LogP contribution in [-0.4, -0.2) is 24.9 Å². The fraction of sp³-hybridized carbons (Fsp3) is 0.625. The Bertz CT molecular complexity index is 437. The second-order valence-corrected chi connectivity index (χ2v) is 6.33. The van der Waals surface area contributed by atoms with Crippen molar-refractivity contribution >= 4 is 0 Å². The Morgan fingerprint density at radius 2 is 1.95 bits per heavy atom. The lowest BCUT2D eigenvalue weighted by atomic mass is 10.1. The van der Waals surface area contributed by atoms with Gasteiger partial charge in [0, 0.05) is 31.0 Å². The number of rotatable bonds is 4. The third-order valence-electron chi connectivity index (χ3n) is 3.23. The molecule has 0 aromatic heterocycles. The van der Waals surface area contributed by atoms with Crippen LogP contribution in [0.15, 0.2) is 18.2 Å². The molecule has 0 radical (unpaired) electrons. The first-order chi connectivity index (χ1) is 9.42. The number of nitrogens with one attached hydrogen (secondary N) is 1. The topological polar surface area (TPSA) is 30.5 Å². The molecule has 0 saturated carbocycles. The second kappa shape index (κ2) is 6.55. The van der Waals surface area contributed by atoms with Crippen molar-refractivity contribution in [3.8, 4) is 5.75 Å². The molecular formula is C16H24FNO2. The van der Waals surface area contributed by atoms with Crippen LogP contribution in [0.4, 0.5) is 4.39 Å². The average Bonchev–Trinajstić information content (AvgIpc) is 2.36. The van der Waals surface area contributed by atoms with Gasteiger partial charge in [-0.1, -0.05) is 0 Å². The second-order valence-electron chi connectivity index (χ2n) is 6.33. The Morgan fingerprint density at radius 3 is 2.60 bits per heavy atom. The lowest BCUT2D eigenvalue weighted by Gasteiger charge is -2.24.